The quantitative estimate of drug-likeness (QED) is 0.775. The maximum atomic E-state index is 12.3. The minimum Gasteiger partial charge on any atom is -0.370 e. The predicted molar refractivity (Wildman–Crippen MR) is 52.9 cm³/mol. The van der Waals surface area contributed by atoms with Gasteiger partial charge in [-0.2, -0.15) is 0 Å². The lowest BCUT2D eigenvalue weighted by atomic mass is 10.1. The molecule has 0 spiro atoms. The Kier molecular flexibility index (Phi) is 3.11. The first-order chi connectivity index (χ1) is 6.90. The number of alkyl halides is 1. The lowest BCUT2D eigenvalue weighted by molar-refractivity contribution is -0.00203. The Balaban J connectivity index is 1.96. The highest BCUT2D eigenvalue weighted by Gasteiger charge is 2.21. The van der Waals surface area contributed by atoms with E-state index in [0.29, 0.717) is 13.2 Å². The molecule has 0 saturated carbocycles. The summed E-state index contributed by atoms with van der Waals surface area (Å²) in [4.78, 5) is 0. The number of hydrogen-bond donors (Lipinski definition) is 1. The highest BCUT2D eigenvalue weighted by atomic mass is 19.1. The van der Waals surface area contributed by atoms with E-state index in [4.69, 9.17) is 4.74 Å². The fourth-order valence-electron chi connectivity index (χ4n) is 1.60. The van der Waals surface area contributed by atoms with Crippen LogP contribution in [0.1, 0.15) is 11.7 Å². The molecule has 3 heteroatoms. The Bertz CT molecular complexity index is 270. The molecule has 1 aromatic rings. The SMILES string of the molecule is FCC1COC(c2ccccc2)CN1. The van der Waals surface area contributed by atoms with E-state index in [2.05, 4.69) is 5.32 Å². The van der Waals surface area contributed by atoms with Gasteiger partial charge < -0.3 is 10.1 Å². The molecule has 2 rings (SSSR count). The molecule has 1 N–H and O–H groups in total. The lowest BCUT2D eigenvalue weighted by Gasteiger charge is -2.29. The van der Waals surface area contributed by atoms with Crippen LogP contribution in [0.3, 0.4) is 0 Å². The van der Waals surface area contributed by atoms with E-state index in [-0.39, 0.29) is 18.8 Å². The molecule has 0 amide bonds. The Morgan fingerprint density at radius 1 is 1.36 bits per heavy atom. The topological polar surface area (TPSA) is 21.3 Å². The van der Waals surface area contributed by atoms with Crippen molar-refractivity contribution in [1.29, 1.82) is 0 Å². The average Bonchev–Trinajstić information content (AvgIpc) is 2.30. The fraction of sp³-hybridized carbons (Fsp3) is 0.455. The summed E-state index contributed by atoms with van der Waals surface area (Å²) in [6.45, 7) is 0.788. The summed E-state index contributed by atoms with van der Waals surface area (Å²) in [5.74, 6) is 0. The van der Waals surface area contributed by atoms with Gasteiger partial charge in [0.15, 0.2) is 0 Å². The van der Waals surface area contributed by atoms with Crippen molar-refractivity contribution in [2.75, 3.05) is 19.8 Å². The number of nitrogens with one attached hydrogen (secondary N) is 1. The van der Waals surface area contributed by atoms with Gasteiger partial charge >= 0.3 is 0 Å². The zero-order valence-electron chi connectivity index (χ0n) is 7.95. The van der Waals surface area contributed by atoms with E-state index >= 15 is 0 Å². The Labute approximate surface area is 83.1 Å². The van der Waals surface area contributed by atoms with Crippen LogP contribution in [0.4, 0.5) is 4.39 Å². The molecule has 1 saturated heterocycles. The molecule has 1 aliphatic rings. The molecular formula is C11H14FNO. The first kappa shape index (κ1) is 9.62. The van der Waals surface area contributed by atoms with Crippen molar-refractivity contribution in [3.63, 3.8) is 0 Å². The van der Waals surface area contributed by atoms with Gasteiger partial charge in [-0.3, -0.25) is 0 Å². The zero-order valence-corrected chi connectivity index (χ0v) is 7.95. The van der Waals surface area contributed by atoms with Crippen molar-refractivity contribution < 1.29 is 9.13 Å². The van der Waals surface area contributed by atoms with Crippen LogP contribution in [-0.4, -0.2) is 25.9 Å². The number of ether oxygens (including phenoxy) is 1. The number of hydrogen-bond acceptors (Lipinski definition) is 2. The molecule has 0 aromatic heterocycles. The highest BCUT2D eigenvalue weighted by molar-refractivity contribution is 5.18. The standard InChI is InChI=1S/C11H14FNO/c12-6-10-8-14-11(7-13-10)9-4-2-1-3-5-9/h1-5,10-11,13H,6-8H2. The Morgan fingerprint density at radius 3 is 2.71 bits per heavy atom. The van der Waals surface area contributed by atoms with E-state index < -0.39 is 0 Å². The summed E-state index contributed by atoms with van der Waals surface area (Å²) in [6, 6.07) is 9.88. The smallest absolute Gasteiger partial charge is 0.107 e. The van der Waals surface area contributed by atoms with Crippen molar-refractivity contribution in [2.45, 2.75) is 12.1 Å². The van der Waals surface area contributed by atoms with Gasteiger partial charge in [-0.05, 0) is 5.56 Å². The van der Waals surface area contributed by atoms with Crippen LogP contribution in [0.15, 0.2) is 30.3 Å². The van der Waals surface area contributed by atoms with Gasteiger partial charge in [0.2, 0.25) is 0 Å². The normalized spacial score (nSPS) is 27.5. The molecule has 1 heterocycles. The predicted octanol–water partition coefficient (Wildman–Crippen LogP) is 1.69. The zero-order chi connectivity index (χ0) is 9.80. The second-order valence-corrected chi connectivity index (χ2v) is 3.49. The van der Waals surface area contributed by atoms with Crippen LogP contribution in [0.5, 0.6) is 0 Å². The molecule has 2 atom stereocenters. The van der Waals surface area contributed by atoms with E-state index in [1.165, 1.54) is 0 Å². The van der Waals surface area contributed by atoms with E-state index in [1.54, 1.807) is 0 Å². The van der Waals surface area contributed by atoms with E-state index in [9.17, 15) is 4.39 Å². The van der Waals surface area contributed by atoms with E-state index in [1.807, 2.05) is 30.3 Å². The number of benzene rings is 1. The van der Waals surface area contributed by atoms with Crippen molar-refractivity contribution in [1.82, 2.24) is 5.32 Å². The number of morpholine rings is 1. The summed E-state index contributed by atoms with van der Waals surface area (Å²) >= 11 is 0. The molecule has 0 bridgehead atoms. The van der Waals surface area contributed by atoms with Gasteiger partial charge in [0.1, 0.15) is 6.67 Å². The third kappa shape index (κ3) is 2.11. The molecule has 0 aliphatic carbocycles. The molecule has 2 nitrogen and oxygen atoms in total. The first-order valence-electron chi connectivity index (χ1n) is 4.86. The van der Waals surface area contributed by atoms with Crippen molar-refractivity contribution >= 4 is 0 Å². The molecule has 0 radical (unpaired) electrons. The van der Waals surface area contributed by atoms with Crippen LogP contribution in [0.25, 0.3) is 0 Å². The monoisotopic (exact) mass is 195 g/mol. The lowest BCUT2D eigenvalue weighted by Crippen LogP contribution is -2.44. The minimum atomic E-state index is -0.360. The van der Waals surface area contributed by atoms with Crippen molar-refractivity contribution in [2.24, 2.45) is 0 Å². The van der Waals surface area contributed by atoms with Crippen LogP contribution < -0.4 is 5.32 Å². The largest absolute Gasteiger partial charge is 0.370 e. The van der Waals surface area contributed by atoms with Gasteiger partial charge in [0, 0.05) is 6.54 Å². The molecule has 1 aliphatic heterocycles. The molecular weight excluding hydrogens is 181 g/mol. The second-order valence-electron chi connectivity index (χ2n) is 3.49. The average molecular weight is 195 g/mol. The van der Waals surface area contributed by atoms with Crippen LogP contribution in [0.2, 0.25) is 0 Å². The van der Waals surface area contributed by atoms with Gasteiger partial charge in [0.25, 0.3) is 0 Å². The molecule has 2 unspecified atom stereocenters. The molecule has 76 valence electrons. The Morgan fingerprint density at radius 2 is 2.14 bits per heavy atom. The molecule has 1 fully saturated rings. The third-order valence-electron chi connectivity index (χ3n) is 2.45. The first-order valence-corrected chi connectivity index (χ1v) is 4.86. The van der Waals surface area contributed by atoms with Crippen LogP contribution in [-0.2, 0) is 4.74 Å². The molecule has 1 aromatic carbocycles. The molecule has 14 heavy (non-hydrogen) atoms. The van der Waals surface area contributed by atoms with Gasteiger partial charge in [0.05, 0.1) is 18.8 Å². The summed E-state index contributed by atoms with van der Waals surface area (Å²) in [5, 5.41) is 3.12. The van der Waals surface area contributed by atoms with Gasteiger partial charge in [-0.15, -0.1) is 0 Å². The van der Waals surface area contributed by atoms with Crippen molar-refractivity contribution in [3.8, 4) is 0 Å². The minimum absolute atomic E-state index is 0.0685. The summed E-state index contributed by atoms with van der Waals surface area (Å²) < 4.78 is 17.8. The van der Waals surface area contributed by atoms with Crippen LogP contribution in [0, 0.1) is 0 Å². The van der Waals surface area contributed by atoms with Gasteiger partial charge in [-0.1, -0.05) is 30.3 Å². The summed E-state index contributed by atoms with van der Waals surface area (Å²) in [6.07, 6.45) is 0.0685. The number of rotatable bonds is 2. The van der Waals surface area contributed by atoms with Crippen LogP contribution >= 0.6 is 0 Å². The highest BCUT2D eigenvalue weighted by Crippen LogP contribution is 2.19. The maximum Gasteiger partial charge on any atom is 0.107 e. The number of halogens is 1. The fourth-order valence-corrected chi connectivity index (χ4v) is 1.60. The summed E-state index contributed by atoms with van der Waals surface area (Å²) in [7, 11) is 0. The van der Waals surface area contributed by atoms with E-state index in [0.717, 1.165) is 5.56 Å². The third-order valence-corrected chi connectivity index (χ3v) is 2.45. The van der Waals surface area contributed by atoms with Gasteiger partial charge in [-0.25, -0.2) is 4.39 Å². The summed E-state index contributed by atoms with van der Waals surface area (Å²) in [5.41, 5.74) is 1.15. The Hall–Kier alpha value is -0.930. The second kappa shape index (κ2) is 4.53. The maximum absolute atomic E-state index is 12.3. The van der Waals surface area contributed by atoms with Crippen molar-refractivity contribution in [3.05, 3.63) is 35.9 Å².